The summed E-state index contributed by atoms with van der Waals surface area (Å²) in [7, 11) is 0. The standard InChI is InChI=1S/C10H18INO3/c1-9(8-11)10(13)15-7-4-12-2-5-14-6-3-12/h9H,2-8H2,1H3. The summed E-state index contributed by atoms with van der Waals surface area (Å²) in [6.07, 6.45) is 0. The molecule has 1 saturated heterocycles. The van der Waals surface area contributed by atoms with E-state index in [0.717, 1.165) is 37.3 Å². The summed E-state index contributed by atoms with van der Waals surface area (Å²) in [5.41, 5.74) is 0. The van der Waals surface area contributed by atoms with Gasteiger partial charge in [-0.3, -0.25) is 9.69 Å². The Bertz CT molecular complexity index is 195. The Hall–Kier alpha value is 0.120. The normalized spacial score (nSPS) is 19.9. The van der Waals surface area contributed by atoms with E-state index in [1.807, 2.05) is 6.92 Å². The molecule has 0 saturated carbocycles. The molecule has 1 unspecified atom stereocenters. The first-order chi connectivity index (χ1) is 7.24. The summed E-state index contributed by atoms with van der Waals surface area (Å²) in [5, 5.41) is 0. The van der Waals surface area contributed by atoms with Gasteiger partial charge in [0.2, 0.25) is 0 Å². The number of nitrogens with zero attached hydrogens (tertiary/aromatic N) is 1. The van der Waals surface area contributed by atoms with Gasteiger partial charge in [-0.1, -0.05) is 29.5 Å². The Balaban J connectivity index is 2.07. The maximum Gasteiger partial charge on any atom is 0.309 e. The quantitative estimate of drug-likeness (QED) is 0.428. The lowest BCUT2D eigenvalue weighted by molar-refractivity contribution is -0.147. The van der Waals surface area contributed by atoms with E-state index in [1.54, 1.807) is 0 Å². The van der Waals surface area contributed by atoms with E-state index in [4.69, 9.17) is 9.47 Å². The molecule has 0 aliphatic carbocycles. The van der Waals surface area contributed by atoms with Crippen LogP contribution in [0.15, 0.2) is 0 Å². The number of morpholine rings is 1. The number of esters is 1. The lowest BCUT2D eigenvalue weighted by Gasteiger charge is -2.26. The topological polar surface area (TPSA) is 38.8 Å². The van der Waals surface area contributed by atoms with Crippen LogP contribution in [0.25, 0.3) is 0 Å². The number of halogens is 1. The van der Waals surface area contributed by atoms with Crippen LogP contribution in [-0.4, -0.2) is 54.8 Å². The number of hydrogen-bond donors (Lipinski definition) is 0. The van der Waals surface area contributed by atoms with Crippen molar-refractivity contribution in [2.75, 3.05) is 43.9 Å². The smallest absolute Gasteiger partial charge is 0.309 e. The van der Waals surface area contributed by atoms with Crippen LogP contribution in [0.4, 0.5) is 0 Å². The van der Waals surface area contributed by atoms with Crippen molar-refractivity contribution >= 4 is 28.6 Å². The van der Waals surface area contributed by atoms with Crippen LogP contribution in [0.2, 0.25) is 0 Å². The highest BCUT2D eigenvalue weighted by atomic mass is 127. The molecule has 1 rings (SSSR count). The molecule has 0 aromatic heterocycles. The predicted molar refractivity (Wildman–Crippen MR) is 66.3 cm³/mol. The molecule has 1 atom stereocenters. The summed E-state index contributed by atoms with van der Waals surface area (Å²) in [6.45, 7) is 6.68. The van der Waals surface area contributed by atoms with E-state index in [2.05, 4.69) is 27.5 Å². The molecule has 1 heterocycles. The first-order valence-electron chi connectivity index (χ1n) is 5.26. The van der Waals surface area contributed by atoms with Crippen molar-refractivity contribution in [1.82, 2.24) is 4.90 Å². The lowest BCUT2D eigenvalue weighted by atomic mass is 10.2. The maximum absolute atomic E-state index is 11.3. The van der Waals surface area contributed by atoms with E-state index in [0.29, 0.717) is 6.61 Å². The first-order valence-corrected chi connectivity index (χ1v) is 6.79. The molecule has 5 heteroatoms. The molecule has 1 fully saturated rings. The Morgan fingerprint density at radius 3 is 2.80 bits per heavy atom. The summed E-state index contributed by atoms with van der Waals surface area (Å²) >= 11 is 2.20. The van der Waals surface area contributed by atoms with Gasteiger partial charge in [-0.15, -0.1) is 0 Å². The third kappa shape index (κ3) is 5.12. The Morgan fingerprint density at radius 2 is 2.20 bits per heavy atom. The highest BCUT2D eigenvalue weighted by Crippen LogP contribution is 2.03. The third-order valence-electron chi connectivity index (χ3n) is 2.39. The van der Waals surface area contributed by atoms with E-state index in [9.17, 15) is 4.79 Å². The third-order valence-corrected chi connectivity index (χ3v) is 3.71. The second-order valence-electron chi connectivity index (χ2n) is 3.68. The second kappa shape index (κ2) is 7.40. The van der Waals surface area contributed by atoms with Gasteiger partial charge in [0.1, 0.15) is 6.61 Å². The van der Waals surface area contributed by atoms with Crippen molar-refractivity contribution in [3.63, 3.8) is 0 Å². The highest BCUT2D eigenvalue weighted by Gasteiger charge is 2.14. The lowest BCUT2D eigenvalue weighted by Crippen LogP contribution is -2.38. The number of carbonyl (C=O) groups excluding carboxylic acids is 1. The molecule has 15 heavy (non-hydrogen) atoms. The molecule has 0 radical (unpaired) electrons. The van der Waals surface area contributed by atoms with Crippen LogP contribution in [0.1, 0.15) is 6.92 Å². The molecule has 0 amide bonds. The van der Waals surface area contributed by atoms with Gasteiger partial charge in [0.15, 0.2) is 0 Å². The fourth-order valence-corrected chi connectivity index (χ4v) is 1.66. The molecular weight excluding hydrogens is 309 g/mol. The molecule has 0 aromatic rings. The number of alkyl halides is 1. The van der Waals surface area contributed by atoms with Crippen LogP contribution >= 0.6 is 22.6 Å². The molecule has 88 valence electrons. The Labute approximate surface area is 104 Å². The Kier molecular flexibility index (Phi) is 6.51. The molecule has 4 nitrogen and oxygen atoms in total. The van der Waals surface area contributed by atoms with Gasteiger partial charge in [0.05, 0.1) is 19.1 Å². The van der Waals surface area contributed by atoms with Crippen molar-refractivity contribution in [3.05, 3.63) is 0 Å². The number of hydrogen-bond acceptors (Lipinski definition) is 4. The van der Waals surface area contributed by atoms with Crippen LogP contribution in [0.3, 0.4) is 0 Å². The maximum atomic E-state index is 11.3. The van der Waals surface area contributed by atoms with Gasteiger partial charge in [0, 0.05) is 24.1 Å². The van der Waals surface area contributed by atoms with E-state index in [-0.39, 0.29) is 11.9 Å². The molecule has 0 bridgehead atoms. The zero-order valence-corrected chi connectivity index (χ0v) is 11.2. The summed E-state index contributed by atoms with van der Waals surface area (Å²) in [6, 6.07) is 0. The van der Waals surface area contributed by atoms with E-state index in [1.165, 1.54) is 0 Å². The number of rotatable bonds is 5. The average Bonchev–Trinajstić information content (AvgIpc) is 2.29. The SMILES string of the molecule is CC(CI)C(=O)OCCN1CCOCC1. The van der Waals surface area contributed by atoms with Gasteiger partial charge in [0.25, 0.3) is 0 Å². The van der Waals surface area contributed by atoms with Crippen molar-refractivity contribution in [2.45, 2.75) is 6.92 Å². The average molecular weight is 327 g/mol. The molecule has 0 N–H and O–H groups in total. The zero-order valence-electron chi connectivity index (χ0n) is 9.08. The number of carbonyl (C=O) groups is 1. The van der Waals surface area contributed by atoms with Gasteiger partial charge in [-0.05, 0) is 0 Å². The van der Waals surface area contributed by atoms with Crippen molar-refractivity contribution in [1.29, 1.82) is 0 Å². The largest absolute Gasteiger partial charge is 0.464 e. The van der Waals surface area contributed by atoms with E-state index < -0.39 is 0 Å². The minimum absolute atomic E-state index is 0.00953. The molecule has 0 aromatic carbocycles. The van der Waals surface area contributed by atoms with Crippen LogP contribution in [-0.2, 0) is 14.3 Å². The minimum atomic E-state index is -0.0855. The predicted octanol–water partition coefficient (Wildman–Crippen LogP) is 0.933. The van der Waals surface area contributed by atoms with Crippen molar-refractivity contribution < 1.29 is 14.3 Å². The molecule has 0 spiro atoms. The van der Waals surface area contributed by atoms with Gasteiger partial charge in [-0.25, -0.2) is 0 Å². The van der Waals surface area contributed by atoms with Crippen LogP contribution in [0, 0.1) is 5.92 Å². The summed E-state index contributed by atoms with van der Waals surface area (Å²) in [4.78, 5) is 13.6. The Morgan fingerprint density at radius 1 is 1.53 bits per heavy atom. The molecule has 1 aliphatic rings. The minimum Gasteiger partial charge on any atom is -0.464 e. The first kappa shape index (κ1) is 13.2. The van der Waals surface area contributed by atoms with Crippen molar-refractivity contribution in [3.8, 4) is 0 Å². The zero-order chi connectivity index (χ0) is 11.1. The summed E-state index contributed by atoms with van der Waals surface area (Å²) in [5.74, 6) is -0.0760. The second-order valence-corrected chi connectivity index (χ2v) is 4.56. The molecular formula is C10H18INO3. The number of ether oxygens (including phenoxy) is 2. The fraction of sp³-hybridized carbons (Fsp3) is 0.900. The van der Waals surface area contributed by atoms with Crippen LogP contribution < -0.4 is 0 Å². The monoisotopic (exact) mass is 327 g/mol. The van der Waals surface area contributed by atoms with E-state index >= 15 is 0 Å². The fourth-order valence-electron chi connectivity index (χ4n) is 1.31. The van der Waals surface area contributed by atoms with Crippen molar-refractivity contribution in [2.24, 2.45) is 5.92 Å². The van der Waals surface area contributed by atoms with Gasteiger partial charge in [-0.2, -0.15) is 0 Å². The van der Waals surface area contributed by atoms with Gasteiger partial charge < -0.3 is 9.47 Å². The van der Waals surface area contributed by atoms with Crippen LogP contribution in [0.5, 0.6) is 0 Å². The summed E-state index contributed by atoms with van der Waals surface area (Å²) < 4.78 is 11.2. The highest BCUT2D eigenvalue weighted by molar-refractivity contribution is 14.1. The van der Waals surface area contributed by atoms with Gasteiger partial charge >= 0.3 is 5.97 Å². The molecule has 1 aliphatic heterocycles.